The first-order valence-electron chi connectivity index (χ1n) is 5.87. The molecule has 0 spiro atoms. The maximum atomic E-state index is 11.7. The van der Waals surface area contributed by atoms with Crippen molar-refractivity contribution in [3.05, 3.63) is 22.4 Å². The maximum Gasteiger partial charge on any atom is 0.234 e. The van der Waals surface area contributed by atoms with Gasteiger partial charge in [0.1, 0.15) is 0 Å². The first-order chi connectivity index (χ1) is 8.76. The predicted molar refractivity (Wildman–Crippen MR) is 71.6 cm³/mol. The van der Waals surface area contributed by atoms with Gasteiger partial charge in [0.15, 0.2) is 0 Å². The molecule has 0 unspecified atom stereocenters. The van der Waals surface area contributed by atoms with Crippen LogP contribution in [0.25, 0.3) is 0 Å². The minimum Gasteiger partial charge on any atom is -0.395 e. The van der Waals surface area contributed by atoms with Gasteiger partial charge in [0.2, 0.25) is 5.91 Å². The molecule has 0 bridgehead atoms. The third-order valence-electron chi connectivity index (χ3n) is 2.43. The van der Waals surface area contributed by atoms with Gasteiger partial charge in [-0.15, -0.1) is 11.3 Å². The minimum atomic E-state index is -0.0343. The molecule has 0 aliphatic rings. The molecule has 0 radical (unpaired) electrons. The Kier molecular flexibility index (Phi) is 7.59. The van der Waals surface area contributed by atoms with Crippen LogP contribution in [0, 0.1) is 0 Å². The molecule has 0 saturated heterocycles. The topological polar surface area (TPSA) is 61.8 Å². The molecule has 0 fully saturated rings. The van der Waals surface area contributed by atoms with Crippen LogP contribution in [0.2, 0.25) is 0 Å². The van der Waals surface area contributed by atoms with Crippen LogP contribution >= 0.6 is 11.3 Å². The zero-order valence-corrected chi connectivity index (χ0v) is 11.4. The molecule has 5 nitrogen and oxygen atoms in total. The normalized spacial score (nSPS) is 10.8. The lowest BCUT2D eigenvalue weighted by atomic mass is 10.4. The molecule has 1 heterocycles. The summed E-state index contributed by atoms with van der Waals surface area (Å²) in [4.78, 5) is 14.7. The summed E-state index contributed by atoms with van der Waals surface area (Å²) < 4.78 is 4.97. The number of hydrogen-bond donors (Lipinski definition) is 2. The summed E-state index contributed by atoms with van der Waals surface area (Å²) >= 11 is 1.62. The minimum absolute atomic E-state index is 0.0343. The van der Waals surface area contributed by atoms with E-state index in [4.69, 9.17) is 9.84 Å². The Morgan fingerprint density at radius 2 is 2.39 bits per heavy atom. The van der Waals surface area contributed by atoms with E-state index in [9.17, 15) is 4.79 Å². The number of carbonyl (C=O) groups excluding carboxylic acids is 1. The molecule has 1 amide bonds. The molecule has 0 aliphatic heterocycles. The number of nitrogens with one attached hydrogen (secondary N) is 1. The first kappa shape index (κ1) is 15.1. The van der Waals surface area contributed by atoms with Crippen molar-refractivity contribution in [1.29, 1.82) is 0 Å². The molecule has 1 aromatic heterocycles. The molecular weight excluding hydrogens is 252 g/mol. The van der Waals surface area contributed by atoms with E-state index in [1.54, 1.807) is 18.4 Å². The fourth-order valence-electron chi connectivity index (χ4n) is 1.49. The highest BCUT2D eigenvalue weighted by atomic mass is 32.1. The Balaban J connectivity index is 2.26. The first-order valence-corrected chi connectivity index (χ1v) is 6.75. The van der Waals surface area contributed by atoms with Crippen molar-refractivity contribution >= 4 is 17.2 Å². The second kappa shape index (κ2) is 9.04. The van der Waals surface area contributed by atoms with Gasteiger partial charge in [0.25, 0.3) is 0 Å². The second-order valence-electron chi connectivity index (χ2n) is 3.85. The quantitative estimate of drug-likeness (QED) is 0.679. The standard InChI is InChI=1S/C12H20N2O3S/c1-17-7-5-14(4-6-15)10-12(16)13-9-11-3-2-8-18-11/h2-3,8,15H,4-7,9-10H2,1H3,(H,13,16). The summed E-state index contributed by atoms with van der Waals surface area (Å²) in [5.74, 6) is -0.0343. The van der Waals surface area contributed by atoms with Crippen molar-refractivity contribution < 1.29 is 14.6 Å². The van der Waals surface area contributed by atoms with E-state index in [0.717, 1.165) is 4.88 Å². The maximum absolute atomic E-state index is 11.7. The number of aliphatic hydroxyl groups excluding tert-OH is 1. The zero-order chi connectivity index (χ0) is 13.2. The van der Waals surface area contributed by atoms with Gasteiger partial charge in [-0.3, -0.25) is 9.69 Å². The number of nitrogens with zero attached hydrogens (tertiary/aromatic N) is 1. The fraction of sp³-hybridized carbons (Fsp3) is 0.583. The third-order valence-corrected chi connectivity index (χ3v) is 3.31. The second-order valence-corrected chi connectivity index (χ2v) is 4.88. The van der Waals surface area contributed by atoms with Crippen LogP contribution in [0.1, 0.15) is 4.88 Å². The third kappa shape index (κ3) is 6.11. The SMILES string of the molecule is COCCN(CCO)CC(=O)NCc1cccs1. The average molecular weight is 272 g/mol. The van der Waals surface area contributed by atoms with Gasteiger partial charge >= 0.3 is 0 Å². The van der Waals surface area contributed by atoms with Crippen molar-refractivity contribution in [3.63, 3.8) is 0 Å². The fourth-order valence-corrected chi connectivity index (χ4v) is 2.13. The van der Waals surface area contributed by atoms with Crippen molar-refractivity contribution in [1.82, 2.24) is 10.2 Å². The Labute approximate surface area is 111 Å². The van der Waals surface area contributed by atoms with E-state index >= 15 is 0 Å². The summed E-state index contributed by atoms with van der Waals surface area (Å²) in [6, 6.07) is 3.95. The molecular formula is C12H20N2O3S. The molecule has 1 aromatic rings. The lowest BCUT2D eigenvalue weighted by Crippen LogP contribution is -2.39. The number of thiophene rings is 1. The number of aliphatic hydroxyl groups is 1. The van der Waals surface area contributed by atoms with Gasteiger partial charge in [0.05, 0.1) is 26.3 Å². The van der Waals surface area contributed by atoms with E-state index < -0.39 is 0 Å². The Bertz CT molecular complexity index is 330. The number of ether oxygens (including phenoxy) is 1. The van der Waals surface area contributed by atoms with E-state index in [1.807, 2.05) is 22.4 Å². The van der Waals surface area contributed by atoms with Crippen LogP contribution in [0.3, 0.4) is 0 Å². The van der Waals surface area contributed by atoms with Gasteiger partial charge in [0, 0.05) is 25.1 Å². The van der Waals surface area contributed by atoms with E-state index in [0.29, 0.717) is 26.2 Å². The summed E-state index contributed by atoms with van der Waals surface area (Å²) in [6.07, 6.45) is 0. The number of rotatable bonds is 9. The zero-order valence-electron chi connectivity index (χ0n) is 10.6. The molecule has 0 atom stereocenters. The van der Waals surface area contributed by atoms with Crippen molar-refractivity contribution in [2.45, 2.75) is 6.54 Å². The van der Waals surface area contributed by atoms with Crippen molar-refractivity contribution in [2.75, 3.05) is 40.0 Å². The highest BCUT2D eigenvalue weighted by molar-refractivity contribution is 7.09. The number of carbonyl (C=O) groups is 1. The summed E-state index contributed by atoms with van der Waals surface area (Å²) in [7, 11) is 1.62. The van der Waals surface area contributed by atoms with E-state index in [2.05, 4.69) is 5.32 Å². The summed E-state index contributed by atoms with van der Waals surface area (Å²) in [6.45, 7) is 2.57. The van der Waals surface area contributed by atoms with Crippen LogP contribution in [0.5, 0.6) is 0 Å². The van der Waals surface area contributed by atoms with Crippen molar-refractivity contribution in [2.24, 2.45) is 0 Å². The lowest BCUT2D eigenvalue weighted by molar-refractivity contribution is -0.122. The Morgan fingerprint density at radius 1 is 1.56 bits per heavy atom. The smallest absolute Gasteiger partial charge is 0.234 e. The highest BCUT2D eigenvalue weighted by Crippen LogP contribution is 2.07. The van der Waals surface area contributed by atoms with Gasteiger partial charge in [-0.1, -0.05) is 6.07 Å². The van der Waals surface area contributed by atoms with Gasteiger partial charge in [-0.25, -0.2) is 0 Å². The molecule has 6 heteroatoms. The average Bonchev–Trinajstić information content (AvgIpc) is 2.87. The van der Waals surface area contributed by atoms with E-state index in [1.165, 1.54) is 0 Å². The van der Waals surface area contributed by atoms with Crippen LogP contribution in [0.15, 0.2) is 17.5 Å². The highest BCUT2D eigenvalue weighted by Gasteiger charge is 2.09. The lowest BCUT2D eigenvalue weighted by Gasteiger charge is -2.20. The van der Waals surface area contributed by atoms with Crippen LogP contribution in [0.4, 0.5) is 0 Å². The Hall–Kier alpha value is -0.950. The number of amides is 1. The molecule has 102 valence electrons. The molecule has 1 rings (SSSR count). The van der Waals surface area contributed by atoms with Crippen LogP contribution in [-0.2, 0) is 16.1 Å². The van der Waals surface area contributed by atoms with Gasteiger partial charge in [-0.2, -0.15) is 0 Å². The van der Waals surface area contributed by atoms with E-state index in [-0.39, 0.29) is 19.1 Å². The summed E-state index contributed by atoms with van der Waals surface area (Å²) in [5.41, 5.74) is 0. The van der Waals surface area contributed by atoms with Gasteiger partial charge in [-0.05, 0) is 11.4 Å². The number of methoxy groups -OCH3 is 1. The Morgan fingerprint density at radius 3 is 3.00 bits per heavy atom. The predicted octanol–water partition coefficient (Wildman–Crippen LogP) is 0.305. The van der Waals surface area contributed by atoms with Crippen LogP contribution < -0.4 is 5.32 Å². The molecule has 18 heavy (non-hydrogen) atoms. The van der Waals surface area contributed by atoms with Crippen LogP contribution in [-0.4, -0.2) is 55.9 Å². The monoisotopic (exact) mass is 272 g/mol. The summed E-state index contributed by atoms with van der Waals surface area (Å²) in [5, 5.41) is 13.8. The molecule has 0 saturated carbocycles. The molecule has 2 N–H and O–H groups in total. The molecule has 0 aliphatic carbocycles. The number of hydrogen-bond acceptors (Lipinski definition) is 5. The molecule has 0 aromatic carbocycles. The van der Waals surface area contributed by atoms with Crippen molar-refractivity contribution in [3.8, 4) is 0 Å². The largest absolute Gasteiger partial charge is 0.395 e. The van der Waals surface area contributed by atoms with Gasteiger partial charge < -0.3 is 15.2 Å².